The number of para-hydroxylation sites is 1. The Morgan fingerprint density at radius 3 is 2.48 bits per heavy atom. The molecule has 2 aromatic carbocycles. The Morgan fingerprint density at radius 1 is 1.05 bits per heavy atom. The molecule has 0 spiro atoms. The van der Waals surface area contributed by atoms with Crippen LogP contribution in [-0.2, 0) is 24.3 Å². The molecule has 1 atom stereocenters. The molecule has 9 nitrogen and oxygen atoms in total. The van der Waals surface area contributed by atoms with Crippen LogP contribution in [0.3, 0.4) is 0 Å². The molecule has 5 rings (SSSR count). The monoisotopic (exact) mass is 566 g/mol. The van der Waals surface area contributed by atoms with Crippen molar-refractivity contribution in [3.8, 4) is 11.3 Å². The number of hydrogen-bond acceptors (Lipinski definition) is 7. The average molecular weight is 567 g/mol. The third kappa shape index (κ3) is 6.78. The Morgan fingerprint density at radius 2 is 1.77 bits per heavy atom. The van der Waals surface area contributed by atoms with Crippen LogP contribution in [0.2, 0.25) is 5.02 Å². The van der Waals surface area contributed by atoms with Gasteiger partial charge in [0.25, 0.3) is 0 Å². The molecule has 3 aromatic rings. The van der Waals surface area contributed by atoms with E-state index in [2.05, 4.69) is 46.3 Å². The summed E-state index contributed by atoms with van der Waals surface area (Å²) in [5.74, 6) is 0. The lowest BCUT2D eigenvalue weighted by atomic mass is 10.0. The van der Waals surface area contributed by atoms with Crippen LogP contribution >= 0.6 is 11.6 Å². The predicted molar refractivity (Wildman–Crippen MR) is 157 cm³/mol. The van der Waals surface area contributed by atoms with Crippen molar-refractivity contribution >= 4 is 23.4 Å². The number of anilines is 1. The molecule has 1 aromatic heterocycles. The van der Waals surface area contributed by atoms with E-state index in [0.717, 1.165) is 48.7 Å². The number of rotatable bonds is 8. The molecule has 0 bridgehead atoms. The van der Waals surface area contributed by atoms with Crippen molar-refractivity contribution in [2.24, 2.45) is 0 Å². The van der Waals surface area contributed by atoms with E-state index in [9.17, 15) is 9.90 Å². The Hall–Kier alpha value is -3.11. The van der Waals surface area contributed by atoms with E-state index in [4.69, 9.17) is 21.5 Å². The van der Waals surface area contributed by atoms with Crippen molar-refractivity contribution in [1.82, 2.24) is 25.1 Å². The van der Waals surface area contributed by atoms with Crippen LogP contribution < -0.4 is 10.2 Å². The number of benzene rings is 2. The first-order valence-electron chi connectivity index (χ1n) is 14.1. The molecule has 2 aliphatic heterocycles. The van der Waals surface area contributed by atoms with Crippen molar-refractivity contribution in [2.75, 3.05) is 44.2 Å². The lowest BCUT2D eigenvalue weighted by Gasteiger charge is -2.37. The molecule has 1 amide bonds. The normalized spacial score (nSPS) is 17.1. The van der Waals surface area contributed by atoms with Gasteiger partial charge in [-0.2, -0.15) is 5.10 Å². The maximum Gasteiger partial charge on any atom is 0.426 e. The Bertz CT molecular complexity index is 1300. The van der Waals surface area contributed by atoms with Crippen molar-refractivity contribution in [3.63, 3.8) is 0 Å². The van der Waals surface area contributed by atoms with Gasteiger partial charge in [0, 0.05) is 79.3 Å². The van der Waals surface area contributed by atoms with Crippen LogP contribution in [0.1, 0.15) is 30.7 Å². The van der Waals surface area contributed by atoms with Crippen LogP contribution in [-0.4, -0.2) is 82.4 Å². The second kappa shape index (κ2) is 12.6. The van der Waals surface area contributed by atoms with E-state index in [-0.39, 0.29) is 6.04 Å². The van der Waals surface area contributed by atoms with E-state index in [1.807, 2.05) is 42.8 Å². The van der Waals surface area contributed by atoms with Gasteiger partial charge in [-0.1, -0.05) is 41.9 Å². The molecule has 2 aliphatic rings. The number of carbonyl (C=O) groups excluding carboxylic acids is 1. The van der Waals surface area contributed by atoms with Gasteiger partial charge in [-0.15, -0.1) is 5.06 Å². The fourth-order valence-electron chi connectivity index (χ4n) is 5.56. The van der Waals surface area contributed by atoms with Crippen molar-refractivity contribution in [2.45, 2.75) is 52.4 Å². The minimum Gasteiger partial charge on any atom is -0.390 e. The van der Waals surface area contributed by atoms with Gasteiger partial charge in [-0.05, 0) is 44.5 Å². The highest BCUT2D eigenvalue weighted by Crippen LogP contribution is 2.31. The summed E-state index contributed by atoms with van der Waals surface area (Å²) in [6.45, 7) is 11.6. The van der Waals surface area contributed by atoms with Gasteiger partial charge in [0.15, 0.2) is 0 Å². The molecule has 1 saturated heterocycles. The van der Waals surface area contributed by atoms with E-state index >= 15 is 0 Å². The summed E-state index contributed by atoms with van der Waals surface area (Å²) >= 11 is 6.14. The summed E-state index contributed by atoms with van der Waals surface area (Å²) in [6.07, 6.45) is -0.359. The van der Waals surface area contributed by atoms with Gasteiger partial charge in [-0.25, -0.2) is 4.79 Å². The topological polar surface area (TPSA) is 86.1 Å². The average Bonchev–Trinajstić information content (AvgIpc) is 3.26. The Balaban J connectivity index is 1.26. The first-order chi connectivity index (χ1) is 19.3. The molecule has 3 heterocycles. The Kier molecular flexibility index (Phi) is 8.95. The molecular weight excluding hydrogens is 528 g/mol. The number of fused-ring (bicyclic) bond motifs is 1. The molecule has 1 unspecified atom stereocenters. The maximum absolute atomic E-state index is 12.2. The van der Waals surface area contributed by atoms with Crippen LogP contribution in [0.25, 0.3) is 11.3 Å². The van der Waals surface area contributed by atoms with E-state index in [1.165, 1.54) is 11.3 Å². The summed E-state index contributed by atoms with van der Waals surface area (Å²) in [6, 6.07) is 16.1. The predicted octanol–water partition coefficient (Wildman–Crippen LogP) is 4.10. The standard InChI is InChI=1S/C30H39ClN6O3/c1-21(2)32-30(39)40-36-13-12-28-26(20-36)29(23-8-10-24(31)11-9-23)33-37(28)19-25(38)18-34-14-16-35(17-15-34)27-7-5-4-6-22(27)3/h4-11,21,25,38H,12-20H2,1-3H3,(H,32,39). The zero-order valence-corrected chi connectivity index (χ0v) is 24.3. The summed E-state index contributed by atoms with van der Waals surface area (Å²) < 4.78 is 1.94. The third-order valence-corrected chi connectivity index (χ3v) is 7.77. The number of aromatic nitrogens is 2. The quantitative estimate of drug-likeness (QED) is 0.424. The smallest absolute Gasteiger partial charge is 0.390 e. The van der Waals surface area contributed by atoms with Crippen LogP contribution in [0.4, 0.5) is 10.5 Å². The van der Waals surface area contributed by atoms with E-state index in [0.29, 0.717) is 37.6 Å². The van der Waals surface area contributed by atoms with Gasteiger partial charge in [0.2, 0.25) is 0 Å². The summed E-state index contributed by atoms with van der Waals surface area (Å²) in [4.78, 5) is 22.6. The van der Waals surface area contributed by atoms with Crippen LogP contribution in [0, 0.1) is 6.92 Å². The molecule has 1 fully saturated rings. The number of hydroxylamine groups is 2. The minimum absolute atomic E-state index is 0.00727. The van der Waals surface area contributed by atoms with Crippen molar-refractivity contribution in [3.05, 3.63) is 70.4 Å². The third-order valence-electron chi connectivity index (χ3n) is 7.52. The van der Waals surface area contributed by atoms with Gasteiger partial charge >= 0.3 is 6.09 Å². The second-order valence-corrected chi connectivity index (χ2v) is 11.4. The van der Waals surface area contributed by atoms with Gasteiger partial charge in [-0.3, -0.25) is 9.58 Å². The van der Waals surface area contributed by atoms with Crippen LogP contribution in [0.5, 0.6) is 0 Å². The minimum atomic E-state index is -0.557. The first kappa shape index (κ1) is 28.4. The highest BCUT2D eigenvalue weighted by atomic mass is 35.5. The molecule has 214 valence electrons. The largest absolute Gasteiger partial charge is 0.426 e. The molecule has 2 N–H and O–H groups in total. The number of nitrogens with one attached hydrogen (secondary N) is 1. The highest BCUT2D eigenvalue weighted by molar-refractivity contribution is 6.30. The first-order valence-corrected chi connectivity index (χ1v) is 14.4. The molecule has 0 aliphatic carbocycles. The zero-order valence-electron chi connectivity index (χ0n) is 23.5. The lowest BCUT2D eigenvalue weighted by Crippen LogP contribution is -2.49. The van der Waals surface area contributed by atoms with Crippen LogP contribution in [0.15, 0.2) is 48.5 Å². The fourth-order valence-corrected chi connectivity index (χ4v) is 5.68. The molecular formula is C30H39ClN6O3. The maximum atomic E-state index is 12.2. The molecule has 40 heavy (non-hydrogen) atoms. The molecule has 0 radical (unpaired) electrons. The van der Waals surface area contributed by atoms with Crippen molar-refractivity contribution < 1.29 is 14.7 Å². The fraction of sp³-hybridized carbons (Fsp3) is 0.467. The molecule has 0 saturated carbocycles. The number of halogens is 1. The number of nitrogens with zero attached hydrogens (tertiary/aromatic N) is 5. The number of aliphatic hydroxyl groups excluding tert-OH is 1. The number of amides is 1. The Labute approximate surface area is 241 Å². The van der Waals surface area contributed by atoms with Gasteiger partial charge < -0.3 is 20.2 Å². The number of carbonyl (C=O) groups is 1. The number of β-amino-alcohol motifs (C(OH)–C–C–N with tert-alkyl or cyclic N) is 1. The lowest BCUT2D eigenvalue weighted by molar-refractivity contribution is -0.112. The summed E-state index contributed by atoms with van der Waals surface area (Å²) in [7, 11) is 0. The number of aryl methyl sites for hydroxylation is 1. The zero-order chi connectivity index (χ0) is 28.2. The number of hydrogen-bond donors (Lipinski definition) is 2. The highest BCUT2D eigenvalue weighted by Gasteiger charge is 2.29. The number of piperazine rings is 1. The van der Waals surface area contributed by atoms with Gasteiger partial charge in [0.05, 0.1) is 24.9 Å². The molecule has 10 heteroatoms. The number of aliphatic hydroxyl groups is 1. The van der Waals surface area contributed by atoms with Gasteiger partial charge in [0.1, 0.15) is 0 Å². The SMILES string of the molecule is Cc1ccccc1N1CCN(CC(O)Cn2nc(-c3ccc(Cl)cc3)c3c2CCN(OC(=O)NC(C)C)C3)CC1. The van der Waals surface area contributed by atoms with E-state index in [1.54, 1.807) is 5.06 Å². The summed E-state index contributed by atoms with van der Waals surface area (Å²) in [5, 5.41) is 21.2. The van der Waals surface area contributed by atoms with E-state index < -0.39 is 12.2 Å². The van der Waals surface area contributed by atoms with Crippen molar-refractivity contribution in [1.29, 1.82) is 0 Å². The second-order valence-electron chi connectivity index (χ2n) is 11.0. The summed E-state index contributed by atoms with van der Waals surface area (Å²) in [5.41, 5.74) is 6.42.